The van der Waals surface area contributed by atoms with Crippen LogP contribution in [0.2, 0.25) is 0 Å². The Morgan fingerprint density at radius 2 is 2.11 bits per heavy atom. The molecule has 4 nitrogen and oxygen atoms in total. The first kappa shape index (κ1) is 9.27. The van der Waals surface area contributed by atoms with Gasteiger partial charge in [0.15, 0.2) is 6.79 Å². The fourth-order valence-electron chi connectivity index (χ4n) is 0.256. The third-order valence-electron chi connectivity index (χ3n) is 0.574. The maximum Gasteiger partial charge on any atom is 0.332 e. The molecule has 0 saturated carbocycles. The van der Waals surface area contributed by atoms with Gasteiger partial charge in [-0.2, -0.15) is 0 Å². The van der Waals surface area contributed by atoms with Crippen LogP contribution in [-0.2, 0) is 9.05 Å². The van der Waals surface area contributed by atoms with Crippen LogP contribution >= 0.6 is 8.60 Å². The minimum absolute atomic E-state index is 0.461. The molecular weight excluding hydrogens is 143 g/mol. The van der Waals surface area contributed by atoms with Crippen LogP contribution in [0, 0.1) is 0 Å². The lowest BCUT2D eigenvalue weighted by Gasteiger charge is -2.06. The van der Waals surface area contributed by atoms with E-state index in [9.17, 15) is 0 Å². The molecule has 0 spiro atoms. The third kappa shape index (κ3) is 6.15. The van der Waals surface area contributed by atoms with Gasteiger partial charge in [0.25, 0.3) is 0 Å². The highest BCUT2D eigenvalue weighted by molar-refractivity contribution is 7.40. The van der Waals surface area contributed by atoms with Gasteiger partial charge in [0, 0.05) is 0 Å². The zero-order valence-electron chi connectivity index (χ0n) is 5.28. The van der Waals surface area contributed by atoms with Crippen LogP contribution in [0.3, 0.4) is 0 Å². The van der Waals surface area contributed by atoms with Gasteiger partial charge in [0.1, 0.15) is 0 Å². The molecule has 5 heteroatoms. The zero-order valence-corrected chi connectivity index (χ0v) is 6.17. The summed E-state index contributed by atoms with van der Waals surface area (Å²) in [5.41, 5.74) is 0. The summed E-state index contributed by atoms with van der Waals surface area (Å²) in [5, 5.41) is 8.09. The van der Waals surface area contributed by atoms with E-state index >= 15 is 0 Å². The van der Waals surface area contributed by atoms with Crippen LogP contribution in [0.4, 0.5) is 0 Å². The van der Waals surface area contributed by atoms with Gasteiger partial charge in [0.05, 0.1) is 6.61 Å². The molecule has 0 aromatic rings. The van der Waals surface area contributed by atoms with Gasteiger partial charge >= 0.3 is 8.60 Å². The minimum atomic E-state index is -1.84. The highest BCUT2D eigenvalue weighted by atomic mass is 31.2. The Labute approximate surface area is 55.4 Å². The molecule has 0 fully saturated rings. The molecule has 0 radical (unpaired) electrons. The topological polar surface area (TPSA) is 58.9 Å². The average molecular weight is 154 g/mol. The van der Waals surface area contributed by atoms with Crippen LogP contribution in [0.15, 0.2) is 0 Å². The average Bonchev–Trinajstić information content (AvgIpc) is 1.85. The van der Waals surface area contributed by atoms with E-state index in [1.807, 2.05) is 6.92 Å². The van der Waals surface area contributed by atoms with Crippen molar-refractivity contribution < 1.29 is 19.0 Å². The van der Waals surface area contributed by atoms with Crippen molar-refractivity contribution in [2.24, 2.45) is 0 Å². The first-order valence-corrected chi connectivity index (χ1v) is 3.80. The lowest BCUT2D eigenvalue weighted by molar-refractivity contribution is 0.0745. The van der Waals surface area contributed by atoms with Crippen LogP contribution in [0.25, 0.3) is 0 Å². The Kier molecular flexibility index (Phi) is 6.58. The Balaban J connectivity index is 2.95. The SMILES string of the molecule is CCCOP(O)OCO. The first-order valence-electron chi connectivity index (χ1n) is 2.67. The van der Waals surface area contributed by atoms with Gasteiger partial charge in [0.2, 0.25) is 0 Å². The molecule has 0 aliphatic heterocycles. The summed E-state index contributed by atoms with van der Waals surface area (Å²) in [4.78, 5) is 8.64. The summed E-state index contributed by atoms with van der Waals surface area (Å²) in [5.74, 6) is 0. The molecule has 0 heterocycles. The molecule has 0 amide bonds. The summed E-state index contributed by atoms with van der Waals surface area (Å²) in [6.07, 6.45) is 0.828. The van der Waals surface area contributed by atoms with E-state index in [0.717, 1.165) is 6.42 Å². The quantitative estimate of drug-likeness (QED) is 0.449. The fourth-order valence-corrected chi connectivity index (χ4v) is 0.768. The van der Waals surface area contributed by atoms with Gasteiger partial charge in [-0.05, 0) is 6.42 Å². The minimum Gasteiger partial charge on any atom is -0.370 e. The lowest BCUT2D eigenvalue weighted by Crippen LogP contribution is -1.91. The Bertz CT molecular complexity index is 60.5. The van der Waals surface area contributed by atoms with Crippen molar-refractivity contribution in [1.29, 1.82) is 0 Å². The molecule has 0 aliphatic carbocycles. The predicted octanol–water partition coefficient (Wildman–Crippen LogP) is 0.599. The summed E-state index contributed by atoms with van der Waals surface area (Å²) in [6.45, 7) is 1.89. The normalized spacial score (nSPS) is 13.7. The second-order valence-corrected chi connectivity index (χ2v) is 2.32. The van der Waals surface area contributed by atoms with Crippen molar-refractivity contribution in [3.05, 3.63) is 0 Å². The van der Waals surface area contributed by atoms with Crippen molar-refractivity contribution in [2.75, 3.05) is 13.4 Å². The van der Waals surface area contributed by atoms with Gasteiger partial charge in [-0.15, -0.1) is 0 Å². The molecule has 0 aromatic carbocycles. The third-order valence-corrected chi connectivity index (χ3v) is 1.31. The van der Waals surface area contributed by atoms with Crippen molar-refractivity contribution >= 4 is 8.60 Å². The molecule has 1 unspecified atom stereocenters. The maximum atomic E-state index is 8.64. The largest absolute Gasteiger partial charge is 0.370 e. The van der Waals surface area contributed by atoms with Crippen molar-refractivity contribution in [1.82, 2.24) is 0 Å². The summed E-state index contributed by atoms with van der Waals surface area (Å²) in [7, 11) is -1.84. The second-order valence-electron chi connectivity index (χ2n) is 1.33. The van der Waals surface area contributed by atoms with Crippen LogP contribution in [0.5, 0.6) is 0 Å². The number of rotatable bonds is 5. The molecule has 0 bridgehead atoms. The molecule has 0 saturated heterocycles. The fraction of sp³-hybridized carbons (Fsp3) is 1.00. The zero-order chi connectivity index (χ0) is 7.11. The molecule has 0 aliphatic rings. The van der Waals surface area contributed by atoms with Gasteiger partial charge in [-0.3, -0.25) is 4.52 Å². The van der Waals surface area contributed by atoms with E-state index in [-0.39, 0.29) is 0 Å². The van der Waals surface area contributed by atoms with Crippen LogP contribution < -0.4 is 0 Å². The Morgan fingerprint density at radius 1 is 1.44 bits per heavy atom. The highest BCUT2D eigenvalue weighted by Gasteiger charge is 2.02. The Hall–Kier alpha value is 0.270. The van der Waals surface area contributed by atoms with Crippen LogP contribution in [-0.4, -0.2) is 23.4 Å². The van der Waals surface area contributed by atoms with Gasteiger partial charge in [-0.1, -0.05) is 6.92 Å². The van der Waals surface area contributed by atoms with Gasteiger partial charge < -0.3 is 14.5 Å². The monoisotopic (exact) mass is 154 g/mol. The van der Waals surface area contributed by atoms with E-state index < -0.39 is 15.4 Å². The van der Waals surface area contributed by atoms with E-state index in [1.165, 1.54) is 0 Å². The van der Waals surface area contributed by atoms with E-state index in [2.05, 4.69) is 9.05 Å². The number of aliphatic hydroxyl groups is 1. The van der Waals surface area contributed by atoms with Crippen LogP contribution in [0.1, 0.15) is 13.3 Å². The van der Waals surface area contributed by atoms with Crippen molar-refractivity contribution in [2.45, 2.75) is 13.3 Å². The first-order chi connectivity index (χ1) is 4.31. The molecule has 9 heavy (non-hydrogen) atoms. The number of hydrogen-bond acceptors (Lipinski definition) is 4. The summed E-state index contributed by atoms with van der Waals surface area (Å²) >= 11 is 0. The van der Waals surface area contributed by atoms with E-state index in [4.69, 9.17) is 10.00 Å². The van der Waals surface area contributed by atoms with Crippen molar-refractivity contribution in [3.8, 4) is 0 Å². The lowest BCUT2D eigenvalue weighted by atomic mass is 10.5. The van der Waals surface area contributed by atoms with Crippen molar-refractivity contribution in [3.63, 3.8) is 0 Å². The van der Waals surface area contributed by atoms with E-state index in [0.29, 0.717) is 6.61 Å². The summed E-state index contributed by atoms with van der Waals surface area (Å²) < 4.78 is 8.97. The molecule has 0 aromatic heterocycles. The molecular formula is C4H11O4P. The second kappa shape index (κ2) is 6.39. The Morgan fingerprint density at radius 3 is 2.56 bits per heavy atom. The molecule has 0 rings (SSSR count). The predicted molar refractivity (Wildman–Crippen MR) is 33.6 cm³/mol. The highest BCUT2D eigenvalue weighted by Crippen LogP contribution is 2.31. The molecule has 56 valence electrons. The summed E-state index contributed by atoms with van der Waals surface area (Å²) in [6, 6.07) is 0. The van der Waals surface area contributed by atoms with Gasteiger partial charge in [-0.25, -0.2) is 0 Å². The number of aliphatic hydroxyl groups excluding tert-OH is 1. The number of hydrogen-bond donors (Lipinski definition) is 2. The smallest absolute Gasteiger partial charge is 0.332 e. The van der Waals surface area contributed by atoms with E-state index in [1.54, 1.807) is 0 Å². The maximum absolute atomic E-state index is 8.64. The molecule has 2 N–H and O–H groups in total. The standard InChI is InChI=1S/C4H11O4P/c1-2-3-7-9(6)8-4-5/h5-6H,2-4H2,1H3. The molecule has 1 atom stereocenters.